The van der Waals surface area contributed by atoms with Crippen LogP contribution < -0.4 is 5.32 Å². The highest BCUT2D eigenvalue weighted by molar-refractivity contribution is 5.78. The Morgan fingerprint density at radius 1 is 1.20 bits per heavy atom. The molecule has 0 spiro atoms. The monoisotopic (exact) mass is 279 g/mol. The molecule has 0 aromatic carbocycles. The van der Waals surface area contributed by atoms with E-state index < -0.39 is 0 Å². The molecule has 0 radical (unpaired) electrons. The van der Waals surface area contributed by atoms with Crippen molar-refractivity contribution in [3.8, 4) is 0 Å². The zero-order valence-electron chi connectivity index (χ0n) is 13.0. The van der Waals surface area contributed by atoms with Crippen LogP contribution in [-0.4, -0.2) is 60.5 Å². The number of amides is 1. The van der Waals surface area contributed by atoms with Crippen LogP contribution in [-0.2, 0) is 4.79 Å². The van der Waals surface area contributed by atoms with Gasteiger partial charge in [-0.3, -0.25) is 9.69 Å². The number of likely N-dealkylation sites (tertiary alicyclic amines) is 1. The number of piperidine rings is 1. The molecule has 3 aliphatic rings. The first kappa shape index (κ1) is 14.3. The Labute approximate surface area is 122 Å². The number of nitrogens with one attached hydrogen (secondary N) is 1. The summed E-state index contributed by atoms with van der Waals surface area (Å²) in [7, 11) is 2.08. The zero-order valence-corrected chi connectivity index (χ0v) is 13.0. The number of nitrogens with zero attached hydrogens (tertiary/aromatic N) is 2. The van der Waals surface area contributed by atoms with E-state index in [-0.39, 0.29) is 5.91 Å². The Morgan fingerprint density at radius 2 is 1.85 bits per heavy atom. The van der Waals surface area contributed by atoms with E-state index in [9.17, 15) is 4.79 Å². The third-order valence-electron chi connectivity index (χ3n) is 5.35. The normalized spacial score (nSPS) is 26.8. The molecule has 20 heavy (non-hydrogen) atoms. The van der Waals surface area contributed by atoms with Gasteiger partial charge in [0.15, 0.2) is 0 Å². The molecule has 0 unspecified atom stereocenters. The van der Waals surface area contributed by atoms with E-state index in [0.717, 1.165) is 24.8 Å². The van der Waals surface area contributed by atoms with Crippen molar-refractivity contribution < 1.29 is 4.79 Å². The molecule has 1 atom stereocenters. The van der Waals surface area contributed by atoms with Gasteiger partial charge in [0.05, 0.1) is 6.54 Å². The van der Waals surface area contributed by atoms with Crippen LogP contribution in [0, 0.1) is 5.92 Å². The summed E-state index contributed by atoms with van der Waals surface area (Å²) in [6.07, 6.45) is 7.72. The molecule has 0 aromatic heterocycles. The molecular formula is C16H29N3O. The van der Waals surface area contributed by atoms with Crippen molar-refractivity contribution in [1.82, 2.24) is 15.1 Å². The van der Waals surface area contributed by atoms with Gasteiger partial charge in [-0.2, -0.15) is 0 Å². The molecular weight excluding hydrogens is 250 g/mol. The number of carbonyl (C=O) groups is 1. The fourth-order valence-electron chi connectivity index (χ4n) is 3.43. The van der Waals surface area contributed by atoms with Gasteiger partial charge < -0.3 is 10.2 Å². The smallest absolute Gasteiger partial charge is 0.234 e. The standard InChI is InChI=1S/C16H29N3O/c1-12(13-3-4-13)18(2)11-16(20)17-14-7-9-19(10-8-14)15-5-6-15/h12-15H,3-11H2,1-2H3,(H,17,20)/t12-/m0/s1. The first-order valence-electron chi connectivity index (χ1n) is 8.37. The highest BCUT2D eigenvalue weighted by Crippen LogP contribution is 2.34. The molecule has 4 nitrogen and oxygen atoms in total. The Hall–Kier alpha value is -0.610. The van der Waals surface area contributed by atoms with Gasteiger partial charge in [-0.15, -0.1) is 0 Å². The summed E-state index contributed by atoms with van der Waals surface area (Å²) < 4.78 is 0. The fourth-order valence-corrected chi connectivity index (χ4v) is 3.43. The van der Waals surface area contributed by atoms with Crippen LogP contribution in [0.3, 0.4) is 0 Å². The number of hydrogen-bond donors (Lipinski definition) is 1. The largest absolute Gasteiger partial charge is 0.352 e. The van der Waals surface area contributed by atoms with Crippen LogP contribution in [0.4, 0.5) is 0 Å². The van der Waals surface area contributed by atoms with Crippen LogP contribution in [0.25, 0.3) is 0 Å². The summed E-state index contributed by atoms with van der Waals surface area (Å²) >= 11 is 0. The third kappa shape index (κ3) is 3.73. The van der Waals surface area contributed by atoms with Crippen LogP contribution in [0.2, 0.25) is 0 Å². The van der Waals surface area contributed by atoms with Gasteiger partial charge in [0.1, 0.15) is 0 Å². The molecule has 3 rings (SSSR count). The van der Waals surface area contributed by atoms with Crippen molar-refractivity contribution in [1.29, 1.82) is 0 Å². The minimum Gasteiger partial charge on any atom is -0.352 e. The van der Waals surface area contributed by atoms with E-state index in [1.165, 1.54) is 38.8 Å². The summed E-state index contributed by atoms with van der Waals surface area (Å²) in [4.78, 5) is 16.9. The van der Waals surface area contributed by atoms with Crippen molar-refractivity contribution in [2.45, 2.75) is 63.6 Å². The molecule has 2 aliphatic carbocycles. The Bertz CT molecular complexity index is 344. The van der Waals surface area contributed by atoms with Crippen molar-refractivity contribution >= 4 is 5.91 Å². The van der Waals surface area contributed by atoms with Gasteiger partial charge in [-0.05, 0) is 58.4 Å². The molecule has 4 heteroatoms. The topological polar surface area (TPSA) is 35.6 Å². The van der Waals surface area contributed by atoms with Crippen molar-refractivity contribution in [2.24, 2.45) is 5.92 Å². The van der Waals surface area contributed by atoms with E-state index in [2.05, 4.69) is 29.1 Å². The first-order chi connectivity index (χ1) is 9.63. The van der Waals surface area contributed by atoms with Gasteiger partial charge in [-0.25, -0.2) is 0 Å². The van der Waals surface area contributed by atoms with Gasteiger partial charge >= 0.3 is 0 Å². The Morgan fingerprint density at radius 3 is 2.40 bits per heavy atom. The predicted molar refractivity (Wildman–Crippen MR) is 80.6 cm³/mol. The zero-order chi connectivity index (χ0) is 14.1. The average Bonchev–Trinajstić information content (AvgIpc) is 3.30. The van der Waals surface area contributed by atoms with E-state index in [1.807, 2.05) is 0 Å². The summed E-state index contributed by atoms with van der Waals surface area (Å²) in [5.74, 6) is 1.04. The molecule has 0 bridgehead atoms. The second kappa shape index (κ2) is 6.02. The second-order valence-corrected chi connectivity index (χ2v) is 7.10. The summed E-state index contributed by atoms with van der Waals surface area (Å²) in [6, 6.07) is 1.83. The quantitative estimate of drug-likeness (QED) is 0.799. The predicted octanol–water partition coefficient (Wildman–Crippen LogP) is 1.46. The molecule has 3 fully saturated rings. The minimum atomic E-state index is 0.213. The number of rotatable bonds is 6. The molecule has 2 saturated carbocycles. The van der Waals surface area contributed by atoms with Crippen LogP contribution in [0.1, 0.15) is 45.4 Å². The van der Waals surface area contributed by atoms with Gasteiger partial charge in [0.25, 0.3) is 0 Å². The van der Waals surface area contributed by atoms with E-state index in [1.54, 1.807) is 0 Å². The van der Waals surface area contributed by atoms with Crippen LogP contribution in [0.5, 0.6) is 0 Å². The van der Waals surface area contributed by atoms with E-state index >= 15 is 0 Å². The lowest BCUT2D eigenvalue weighted by molar-refractivity contribution is -0.123. The molecule has 1 saturated heterocycles. The van der Waals surface area contributed by atoms with Gasteiger partial charge in [0, 0.05) is 31.2 Å². The lowest BCUT2D eigenvalue weighted by Crippen LogP contribution is -2.48. The van der Waals surface area contributed by atoms with Gasteiger partial charge in [0.2, 0.25) is 5.91 Å². The molecule has 1 amide bonds. The third-order valence-corrected chi connectivity index (χ3v) is 5.35. The molecule has 0 aromatic rings. The highest BCUT2D eigenvalue weighted by atomic mass is 16.2. The Balaban J connectivity index is 1.35. The average molecular weight is 279 g/mol. The SMILES string of the molecule is C[C@@H](C1CC1)N(C)CC(=O)NC1CCN(C2CC2)CC1. The molecule has 114 valence electrons. The van der Waals surface area contributed by atoms with Crippen molar-refractivity contribution in [3.63, 3.8) is 0 Å². The van der Waals surface area contributed by atoms with Crippen molar-refractivity contribution in [2.75, 3.05) is 26.7 Å². The number of likely N-dealkylation sites (N-methyl/N-ethyl adjacent to an activating group) is 1. The van der Waals surface area contributed by atoms with Crippen LogP contribution >= 0.6 is 0 Å². The Kier molecular flexibility index (Phi) is 4.32. The second-order valence-electron chi connectivity index (χ2n) is 7.10. The van der Waals surface area contributed by atoms with E-state index in [0.29, 0.717) is 18.6 Å². The summed E-state index contributed by atoms with van der Waals surface area (Å²) in [6.45, 7) is 5.15. The number of hydrogen-bond acceptors (Lipinski definition) is 3. The first-order valence-corrected chi connectivity index (χ1v) is 8.37. The molecule has 1 N–H and O–H groups in total. The summed E-state index contributed by atoms with van der Waals surface area (Å²) in [5, 5.41) is 3.24. The maximum Gasteiger partial charge on any atom is 0.234 e. The number of carbonyl (C=O) groups excluding carboxylic acids is 1. The maximum absolute atomic E-state index is 12.1. The van der Waals surface area contributed by atoms with Crippen LogP contribution in [0.15, 0.2) is 0 Å². The molecule has 1 heterocycles. The fraction of sp³-hybridized carbons (Fsp3) is 0.938. The maximum atomic E-state index is 12.1. The van der Waals surface area contributed by atoms with Crippen molar-refractivity contribution in [3.05, 3.63) is 0 Å². The lowest BCUT2D eigenvalue weighted by atomic mass is 10.0. The molecule has 1 aliphatic heterocycles. The van der Waals surface area contributed by atoms with E-state index in [4.69, 9.17) is 0 Å². The highest BCUT2D eigenvalue weighted by Gasteiger charge is 2.33. The summed E-state index contributed by atoms with van der Waals surface area (Å²) in [5.41, 5.74) is 0. The minimum absolute atomic E-state index is 0.213. The lowest BCUT2D eigenvalue weighted by Gasteiger charge is -2.33. The van der Waals surface area contributed by atoms with Gasteiger partial charge in [-0.1, -0.05) is 0 Å².